The summed E-state index contributed by atoms with van der Waals surface area (Å²) >= 11 is 3.65. The molecule has 1 saturated heterocycles. The highest BCUT2D eigenvalue weighted by molar-refractivity contribution is 9.10. The molecule has 1 saturated carbocycles. The van der Waals surface area contributed by atoms with Crippen molar-refractivity contribution >= 4 is 15.9 Å². The first kappa shape index (κ1) is 15.1. The number of benzene rings is 1. The van der Waals surface area contributed by atoms with Crippen molar-refractivity contribution in [1.82, 2.24) is 4.90 Å². The first-order valence-corrected chi connectivity index (χ1v) is 8.36. The van der Waals surface area contributed by atoms with E-state index in [0.717, 1.165) is 48.3 Å². The van der Waals surface area contributed by atoms with E-state index in [1.807, 2.05) is 0 Å². The highest BCUT2D eigenvalue weighted by Gasteiger charge is 2.32. The number of ether oxygens (including phenoxy) is 2. The molecule has 3 rings (SSSR count). The van der Waals surface area contributed by atoms with Crippen molar-refractivity contribution in [1.29, 1.82) is 0 Å². The van der Waals surface area contributed by atoms with Gasteiger partial charge in [-0.15, -0.1) is 0 Å². The normalized spacial score (nSPS) is 26.1. The van der Waals surface area contributed by atoms with Crippen LogP contribution in [0.2, 0.25) is 0 Å². The largest absolute Gasteiger partial charge is 0.493 e. The van der Waals surface area contributed by atoms with Crippen LogP contribution < -0.4 is 15.2 Å². The van der Waals surface area contributed by atoms with Crippen LogP contribution in [-0.4, -0.2) is 38.3 Å². The topological polar surface area (TPSA) is 47.7 Å². The van der Waals surface area contributed by atoms with Gasteiger partial charge >= 0.3 is 0 Å². The van der Waals surface area contributed by atoms with E-state index in [9.17, 15) is 0 Å². The number of nitrogens with zero attached hydrogens (tertiary/aromatic N) is 1. The van der Waals surface area contributed by atoms with E-state index in [1.54, 1.807) is 7.11 Å². The fraction of sp³-hybridized carbons (Fsp3) is 0.625. The minimum Gasteiger partial charge on any atom is -0.493 e. The predicted octanol–water partition coefficient (Wildman–Crippen LogP) is 2.95. The van der Waals surface area contributed by atoms with Gasteiger partial charge in [-0.1, -0.05) is 0 Å². The molecule has 0 spiro atoms. The second kappa shape index (κ2) is 6.15. The summed E-state index contributed by atoms with van der Waals surface area (Å²) in [6, 6.07) is 4.68. The number of halogens is 1. The number of hydrogen-bond donors (Lipinski definition) is 1. The van der Waals surface area contributed by atoms with E-state index in [4.69, 9.17) is 15.2 Å². The van der Waals surface area contributed by atoms with E-state index in [0.29, 0.717) is 18.1 Å². The Balaban J connectivity index is 1.87. The second-order valence-electron chi connectivity index (χ2n) is 6.14. The molecule has 0 radical (unpaired) electrons. The molecule has 0 bridgehead atoms. The van der Waals surface area contributed by atoms with Crippen molar-refractivity contribution in [2.75, 3.05) is 27.2 Å². The van der Waals surface area contributed by atoms with Crippen molar-refractivity contribution in [3.63, 3.8) is 0 Å². The molecule has 2 fully saturated rings. The van der Waals surface area contributed by atoms with Crippen molar-refractivity contribution in [3.05, 3.63) is 22.2 Å². The van der Waals surface area contributed by atoms with Crippen LogP contribution >= 0.6 is 15.9 Å². The average Bonchev–Trinajstić information content (AvgIpc) is 3.21. The minimum atomic E-state index is 0.358. The van der Waals surface area contributed by atoms with Crippen molar-refractivity contribution < 1.29 is 9.47 Å². The highest BCUT2D eigenvalue weighted by Crippen LogP contribution is 2.44. The Labute approximate surface area is 134 Å². The fourth-order valence-electron chi connectivity index (χ4n) is 3.07. The molecule has 1 aliphatic heterocycles. The lowest BCUT2D eigenvalue weighted by Crippen LogP contribution is -2.20. The maximum atomic E-state index is 5.96. The standard InChI is InChI=1S/C16H23BrN2O2/c1-19-9-10(8-18)5-14(19)11-6-13(17)16(15(7-11)20-2)21-12-3-4-12/h6-7,10,12,14H,3-5,8-9,18H2,1-2H3. The molecule has 0 aromatic heterocycles. The van der Waals surface area contributed by atoms with Crippen LogP contribution in [0.3, 0.4) is 0 Å². The predicted molar refractivity (Wildman–Crippen MR) is 86.9 cm³/mol. The zero-order chi connectivity index (χ0) is 15.0. The average molecular weight is 355 g/mol. The molecule has 21 heavy (non-hydrogen) atoms. The molecule has 5 heteroatoms. The van der Waals surface area contributed by atoms with Gasteiger partial charge in [-0.3, -0.25) is 4.90 Å². The van der Waals surface area contributed by atoms with E-state index in [-0.39, 0.29) is 0 Å². The van der Waals surface area contributed by atoms with Crippen LogP contribution in [0, 0.1) is 5.92 Å². The molecular weight excluding hydrogens is 332 g/mol. The Kier molecular flexibility index (Phi) is 4.43. The molecule has 1 heterocycles. The van der Waals surface area contributed by atoms with E-state index in [2.05, 4.69) is 40.0 Å². The summed E-state index contributed by atoms with van der Waals surface area (Å²) in [4.78, 5) is 2.38. The maximum Gasteiger partial charge on any atom is 0.175 e. The van der Waals surface area contributed by atoms with Gasteiger partial charge in [0, 0.05) is 12.6 Å². The molecule has 116 valence electrons. The second-order valence-corrected chi connectivity index (χ2v) is 7.00. The maximum absolute atomic E-state index is 5.96. The van der Waals surface area contributed by atoms with Crippen molar-refractivity contribution in [3.8, 4) is 11.5 Å². The Hall–Kier alpha value is -0.780. The molecule has 1 aliphatic carbocycles. The lowest BCUT2D eigenvalue weighted by atomic mass is 9.99. The molecule has 0 amide bonds. The zero-order valence-corrected chi connectivity index (χ0v) is 14.2. The Morgan fingerprint density at radius 1 is 1.38 bits per heavy atom. The first-order valence-electron chi connectivity index (χ1n) is 7.56. The van der Waals surface area contributed by atoms with E-state index < -0.39 is 0 Å². The Bertz CT molecular complexity index is 519. The SMILES string of the molecule is COc1cc(C2CC(CN)CN2C)cc(Br)c1OC1CC1. The lowest BCUT2D eigenvalue weighted by molar-refractivity contribution is 0.278. The third-order valence-electron chi connectivity index (χ3n) is 4.41. The molecule has 2 aliphatic rings. The minimum absolute atomic E-state index is 0.358. The molecule has 4 nitrogen and oxygen atoms in total. The van der Waals surface area contributed by atoms with Crippen molar-refractivity contribution in [2.24, 2.45) is 11.7 Å². The number of rotatable bonds is 5. The fourth-order valence-corrected chi connectivity index (χ4v) is 3.62. The Morgan fingerprint density at radius 2 is 2.14 bits per heavy atom. The van der Waals surface area contributed by atoms with Crippen LogP contribution in [0.4, 0.5) is 0 Å². The van der Waals surface area contributed by atoms with Crippen LogP contribution in [0.1, 0.15) is 30.9 Å². The van der Waals surface area contributed by atoms with Gasteiger partial charge in [-0.25, -0.2) is 0 Å². The summed E-state index contributed by atoms with van der Waals surface area (Å²) in [5.41, 5.74) is 7.09. The van der Waals surface area contributed by atoms with Crippen LogP contribution in [-0.2, 0) is 0 Å². The number of likely N-dealkylation sites (tertiary alicyclic amines) is 1. The lowest BCUT2D eigenvalue weighted by Gasteiger charge is -2.22. The van der Waals surface area contributed by atoms with Gasteiger partial charge in [-0.05, 0) is 72.4 Å². The van der Waals surface area contributed by atoms with E-state index >= 15 is 0 Å². The van der Waals surface area contributed by atoms with Gasteiger partial charge in [0.05, 0.1) is 17.7 Å². The Morgan fingerprint density at radius 3 is 2.71 bits per heavy atom. The van der Waals surface area contributed by atoms with Gasteiger partial charge in [-0.2, -0.15) is 0 Å². The molecule has 2 N–H and O–H groups in total. The zero-order valence-electron chi connectivity index (χ0n) is 12.6. The summed E-state index contributed by atoms with van der Waals surface area (Å²) in [6.07, 6.45) is 3.74. The third-order valence-corrected chi connectivity index (χ3v) is 5.00. The van der Waals surface area contributed by atoms with Crippen LogP contribution in [0.25, 0.3) is 0 Å². The monoisotopic (exact) mass is 354 g/mol. The number of methoxy groups -OCH3 is 1. The van der Waals surface area contributed by atoms with Gasteiger partial charge in [0.15, 0.2) is 11.5 Å². The van der Waals surface area contributed by atoms with Gasteiger partial charge in [0.25, 0.3) is 0 Å². The summed E-state index contributed by atoms with van der Waals surface area (Å²) < 4.78 is 12.5. The first-order chi connectivity index (χ1) is 10.1. The summed E-state index contributed by atoms with van der Waals surface area (Å²) in [5, 5.41) is 0. The third kappa shape index (κ3) is 3.20. The summed E-state index contributed by atoms with van der Waals surface area (Å²) in [6.45, 7) is 1.81. The summed E-state index contributed by atoms with van der Waals surface area (Å²) in [5.74, 6) is 2.22. The number of hydrogen-bond acceptors (Lipinski definition) is 4. The molecule has 1 aromatic carbocycles. The van der Waals surface area contributed by atoms with Gasteiger partial charge < -0.3 is 15.2 Å². The smallest absolute Gasteiger partial charge is 0.175 e. The molecule has 2 atom stereocenters. The molecular formula is C16H23BrN2O2. The van der Waals surface area contributed by atoms with Gasteiger partial charge in [0.1, 0.15) is 0 Å². The number of nitrogens with two attached hydrogens (primary N) is 1. The summed E-state index contributed by atoms with van der Waals surface area (Å²) in [7, 11) is 3.86. The highest BCUT2D eigenvalue weighted by atomic mass is 79.9. The molecule has 2 unspecified atom stereocenters. The van der Waals surface area contributed by atoms with Crippen LogP contribution in [0.5, 0.6) is 11.5 Å². The van der Waals surface area contributed by atoms with Gasteiger partial charge in [0.2, 0.25) is 0 Å². The van der Waals surface area contributed by atoms with E-state index in [1.165, 1.54) is 5.56 Å². The molecule has 1 aromatic rings. The van der Waals surface area contributed by atoms with Crippen molar-refractivity contribution in [2.45, 2.75) is 31.4 Å². The quantitative estimate of drug-likeness (QED) is 0.882. The van der Waals surface area contributed by atoms with Crippen LogP contribution in [0.15, 0.2) is 16.6 Å².